The van der Waals surface area contributed by atoms with E-state index < -0.39 is 18.0 Å². The van der Waals surface area contributed by atoms with Gasteiger partial charge >= 0.3 is 12.0 Å². The number of rotatable bonds is 6. The van der Waals surface area contributed by atoms with Gasteiger partial charge in [-0.15, -0.1) is 0 Å². The number of carbonyl (C=O) groups is 2. The summed E-state index contributed by atoms with van der Waals surface area (Å²) in [6.45, 7) is 4.62. The van der Waals surface area contributed by atoms with Gasteiger partial charge in [-0.3, -0.25) is 0 Å². The zero-order chi connectivity index (χ0) is 15.1. The molecule has 1 saturated carbocycles. The lowest BCUT2D eigenvalue weighted by Crippen LogP contribution is -2.52. The average molecular weight is 286 g/mol. The Kier molecular flexibility index (Phi) is 6.78. The molecule has 0 saturated heterocycles. The number of carboxylic acid groups (broad SMARTS) is 1. The first-order valence-corrected chi connectivity index (χ1v) is 7.24. The molecule has 3 N–H and O–H groups in total. The molecule has 1 aliphatic rings. The molecule has 6 nitrogen and oxygen atoms in total. The Morgan fingerprint density at radius 2 is 2.05 bits per heavy atom. The van der Waals surface area contributed by atoms with Gasteiger partial charge in [0, 0.05) is 26.2 Å². The molecule has 0 aliphatic heterocycles. The molecule has 1 aliphatic carbocycles. The van der Waals surface area contributed by atoms with E-state index >= 15 is 0 Å². The molecule has 0 aromatic rings. The van der Waals surface area contributed by atoms with Crippen molar-refractivity contribution in [1.29, 1.82) is 0 Å². The van der Waals surface area contributed by atoms with Crippen LogP contribution in [0.4, 0.5) is 4.79 Å². The molecule has 20 heavy (non-hydrogen) atoms. The van der Waals surface area contributed by atoms with Gasteiger partial charge in [-0.1, -0.05) is 26.7 Å². The van der Waals surface area contributed by atoms with E-state index in [0.29, 0.717) is 18.4 Å². The highest BCUT2D eigenvalue weighted by Gasteiger charge is 2.29. The van der Waals surface area contributed by atoms with Gasteiger partial charge in [0.2, 0.25) is 0 Å². The second-order valence-corrected chi connectivity index (χ2v) is 5.66. The van der Waals surface area contributed by atoms with Gasteiger partial charge in [-0.05, 0) is 18.3 Å². The minimum atomic E-state index is -1.04. The molecule has 116 valence electrons. The maximum absolute atomic E-state index is 11.9. The van der Waals surface area contributed by atoms with Crippen LogP contribution in [0.25, 0.3) is 0 Å². The minimum Gasteiger partial charge on any atom is -0.480 e. The largest absolute Gasteiger partial charge is 0.480 e. The number of urea groups is 1. The number of nitrogens with one attached hydrogen (secondary N) is 2. The fourth-order valence-corrected chi connectivity index (χ4v) is 2.65. The second-order valence-electron chi connectivity index (χ2n) is 5.66. The van der Waals surface area contributed by atoms with Crippen molar-refractivity contribution in [3.8, 4) is 0 Å². The predicted octanol–water partition coefficient (Wildman–Crippen LogP) is 1.60. The van der Waals surface area contributed by atoms with Crippen molar-refractivity contribution in [2.45, 2.75) is 51.6 Å². The van der Waals surface area contributed by atoms with E-state index in [-0.39, 0.29) is 12.5 Å². The van der Waals surface area contributed by atoms with Crippen molar-refractivity contribution in [2.75, 3.05) is 13.7 Å². The van der Waals surface area contributed by atoms with Crippen LogP contribution in [-0.2, 0) is 9.53 Å². The van der Waals surface area contributed by atoms with Crippen LogP contribution in [0.15, 0.2) is 0 Å². The van der Waals surface area contributed by atoms with E-state index in [4.69, 9.17) is 9.84 Å². The summed E-state index contributed by atoms with van der Waals surface area (Å²) in [4.78, 5) is 23.0. The van der Waals surface area contributed by atoms with E-state index in [1.54, 1.807) is 0 Å². The van der Waals surface area contributed by atoms with Crippen LogP contribution in [0.3, 0.4) is 0 Å². The van der Waals surface area contributed by atoms with Crippen LogP contribution in [0.5, 0.6) is 0 Å². The molecule has 6 heteroatoms. The number of carbonyl (C=O) groups excluding carboxylic acids is 1. The van der Waals surface area contributed by atoms with Crippen molar-refractivity contribution in [2.24, 2.45) is 11.8 Å². The zero-order valence-electron chi connectivity index (χ0n) is 12.5. The van der Waals surface area contributed by atoms with Crippen LogP contribution in [0.1, 0.15) is 39.5 Å². The Balaban J connectivity index is 2.46. The summed E-state index contributed by atoms with van der Waals surface area (Å²) in [5.74, 6) is -0.0446. The molecular formula is C14H26N2O4. The van der Waals surface area contributed by atoms with Gasteiger partial charge in [0.15, 0.2) is 0 Å². The molecule has 4 atom stereocenters. The third kappa shape index (κ3) is 5.00. The molecule has 4 unspecified atom stereocenters. The van der Waals surface area contributed by atoms with Crippen LogP contribution in [0.2, 0.25) is 0 Å². The lowest BCUT2D eigenvalue weighted by Gasteiger charge is -2.34. The maximum atomic E-state index is 11.9. The lowest BCUT2D eigenvalue weighted by atomic mass is 9.78. The van der Waals surface area contributed by atoms with E-state index in [9.17, 15) is 9.59 Å². The number of methoxy groups -OCH3 is 1. The summed E-state index contributed by atoms with van der Waals surface area (Å²) in [6, 6.07) is -1.19. The van der Waals surface area contributed by atoms with Gasteiger partial charge in [-0.25, -0.2) is 9.59 Å². The molecule has 0 spiro atoms. The van der Waals surface area contributed by atoms with Gasteiger partial charge in [0.05, 0.1) is 0 Å². The zero-order valence-corrected chi connectivity index (χ0v) is 12.5. The number of aliphatic carboxylic acids is 1. The van der Waals surface area contributed by atoms with E-state index in [1.165, 1.54) is 13.5 Å². The third-order valence-corrected chi connectivity index (χ3v) is 4.24. The molecule has 2 amide bonds. The number of ether oxygens (including phenoxy) is 1. The predicted molar refractivity (Wildman–Crippen MR) is 75.6 cm³/mol. The van der Waals surface area contributed by atoms with Crippen molar-refractivity contribution >= 4 is 12.0 Å². The summed E-state index contributed by atoms with van der Waals surface area (Å²) in [5, 5.41) is 14.5. The SMILES string of the molecule is COCCC(NC(=O)NC1CCCC(C)C1C)C(=O)O. The van der Waals surface area contributed by atoms with Gasteiger partial charge < -0.3 is 20.5 Å². The lowest BCUT2D eigenvalue weighted by molar-refractivity contribution is -0.139. The molecule has 0 radical (unpaired) electrons. The highest BCUT2D eigenvalue weighted by Crippen LogP contribution is 2.29. The first-order chi connectivity index (χ1) is 9.45. The topological polar surface area (TPSA) is 87.7 Å². The van der Waals surface area contributed by atoms with Crippen molar-refractivity contribution in [3.63, 3.8) is 0 Å². The smallest absolute Gasteiger partial charge is 0.326 e. The Hall–Kier alpha value is -1.30. The molecule has 0 bridgehead atoms. The number of amides is 2. The van der Waals surface area contributed by atoms with Crippen molar-refractivity contribution in [1.82, 2.24) is 10.6 Å². The minimum absolute atomic E-state index is 0.121. The Morgan fingerprint density at radius 1 is 1.35 bits per heavy atom. The highest BCUT2D eigenvalue weighted by atomic mass is 16.5. The summed E-state index contributed by atoms with van der Waals surface area (Å²) in [6.07, 6.45) is 3.50. The van der Waals surface area contributed by atoms with Crippen LogP contribution in [-0.4, -0.2) is 42.9 Å². The molecule has 1 fully saturated rings. The summed E-state index contributed by atoms with van der Waals surface area (Å²) >= 11 is 0. The van der Waals surface area contributed by atoms with Crippen LogP contribution in [0, 0.1) is 11.8 Å². The summed E-state index contributed by atoms with van der Waals surface area (Å²) < 4.78 is 4.85. The quantitative estimate of drug-likeness (QED) is 0.692. The van der Waals surface area contributed by atoms with Gasteiger partial charge in [-0.2, -0.15) is 0 Å². The number of hydrogen-bond donors (Lipinski definition) is 3. The third-order valence-electron chi connectivity index (χ3n) is 4.24. The fraction of sp³-hybridized carbons (Fsp3) is 0.857. The Morgan fingerprint density at radius 3 is 2.65 bits per heavy atom. The van der Waals surface area contributed by atoms with Gasteiger partial charge in [0.25, 0.3) is 0 Å². The summed E-state index contributed by atoms with van der Waals surface area (Å²) in [5.41, 5.74) is 0. The standard InChI is InChI=1S/C14H26N2O4/c1-9-5-4-6-11(10(9)2)15-14(19)16-12(13(17)18)7-8-20-3/h9-12H,4-8H2,1-3H3,(H,17,18)(H2,15,16,19). The molecular weight excluding hydrogens is 260 g/mol. The fourth-order valence-electron chi connectivity index (χ4n) is 2.65. The first-order valence-electron chi connectivity index (χ1n) is 7.24. The Labute approximate surface area is 120 Å². The van der Waals surface area contributed by atoms with Crippen molar-refractivity contribution < 1.29 is 19.4 Å². The number of carboxylic acids is 1. The molecule has 0 aromatic carbocycles. The maximum Gasteiger partial charge on any atom is 0.326 e. The molecule has 0 aromatic heterocycles. The van der Waals surface area contributed by atoms with E-state index in [1.807, 2.05) is 0 Å². The monoisotopic (exact) mass is 286 g/mol. The first kappa shape index (κ1) is 16.8. The molecule has 0 heterocycles. The molecule has 1 rings (SSSR count). The van der Waals surface area contributed by atoms with Crippen LogP contribution >= 0.6 is 0 Å². The van der Waals surface area contributed by atoms with E-state index in [0.717, 1.165) is 12.8 Å². The highest BCUT2D eigenvalue weighted by molar-refractivity contribution is 5.82. The van der Waals surface area contributed by atoms with Crippen molar-refractivity contribution in [3.05, 3.63) is 0 Å². The van der Waals surface area contributed by atoms with Crippen LogP contribution < -0.4 is 10.6 Å². The normalized spacial score (nSPS) is 27.6. The number of hydrogen-bond acceptors (Lipinski definition) is 3. The Bertz CT molecular complexity index is 335. The van der Waals surface area contributed by atoms with E-state index in [2.05, 4.69) is 24.5 Å². The second kappa shape index (κ2) is 8.09. The average Bonchev–Trinajstić information content (AvgIpc) is 2.39. The van der Waals surface area contributed by atoms with Gasteiger partial charge in [0.1, 0.15) is 6.04 Å². The summed E-state index contributed by atoms with van der Waals surface area (Å²) in [7, 11) is 1.50.